The van der Waals surface area contributed by atoms with Crippen LogP contribution in [0.2, 0.25) is 10.0 Å². The normalized spacial score (nSPS) is 10.3. The summed E-state index contributed by atoms with van der Waals surface area (Å²) in [5, 5.41) is 14.1. The van der Waals surface area contributed by atoms with Gasteiger partial charge in [0.2, 0.25) is 0 Å². The van der Waals surface area contributed by atoms with Crippen LogP contribution in [-0.2, 0) is 20.1 Å². The highest BCUT2D eigenvalue weighted by atomic mass is 35.5. The molecule has 0 aliphatic carbocycles. The third kappa shape index (κ3) is 2.90. The second-order valence-corrected chi connectivity index (χ2v) is 5.02. The lowest BCUT2D eigenvalue weighted by atomic mass is 10.2. The van der Waals surface area contributed by atoms with Crippen LogP contribution >= 0.6 is 23.2 Å². The molecule has 0 aliphatic heterocycles. The van der Waals surface area contributed by atoms with E-state index in [2.05, 4.69) is 5.10 Å². The third-order valence-corrected chi connectivity index (χ3v) is 3.66. The van der Waals surface area contributed by atoms with Crippen LogP contribution in [0.15, 0.2) is 18.2 Å². The maximum absolute atomic E-state index is 8.79. The van der Waals surface area contributed by atoms with Crippen LogP contribution in [0.3, 0.4) is 0 Å². The van der Waals surface area contributed by atoms with Crippen molar-refractivity contribution in [3.8, 4) is 11.8 Å². The number of nitrogens with zero attached hydrogens (tertiary/aromatic N) is 3. The van der Waals surface area contributed by atoms with E-state index in [1.165, 1.54) is 0 Å². The standard InChI is InChI=1S/C14H13Cl2N3O/c1-3-11-14(16)12(19(2)18-11)8-20-13-5-4-9(7-17)6-10(13)15/h4-6H,3,8H2,1-2H3. The summed E-state index contributed by atoms with van der Waals surface area (Å²) in [6.07, 6.45) is 0.768. The second-order valence-electron chi connectivity index (χ2n) is 4.23. The van der Waals surface area contributed by atoms with E-state index in [0.29, 0.717) is 21.4 Å². The molecule has 20 heavy (non-hydrogen) atoms. The first kappa shape index (κ1) is 14.7. The summed E-state index contributed by atoms with van der Waals surface area (Å²) in [6.45, 7) is 2.27. The average Bonchev–Trinajstić information content (AvgIpc) is 2.72. The largest absolute Gasteiger partial charge is 0.486 e. The summed E-state index contributed by atoms with van der Waals surface area (Å²) in [7, 11) is 1.82. The number of benzene rings is 1. The van der Waals surface area contributed by atoms with Gasteiger partial charge in [0.25, 0.3) is 0 Å². The number of hydrogen-bond acceptors (Lipinski definition) is 3. The van der Waals surface area contributed by atoms with Gasteiger partial charge in [-0.2, -0.15) is 10.4 Å². The lowest BCUT2D eigenvalue weighted by molar-refractivity contribution is 0.295. The number of rotatable bonds is 4. The molecule has 0 bridgehead atoms. The Morgan fingerprint density at radius 3 is 2.70 bits per heavy atom. The van der Waals surface area contributed by atoms with Gasteiger partial charge in [-0.1, -0.05) is 30.1 Å². The average molecular weight is 310 g/mol. The number of halogens is 2. The maximum atomic E-state index is 8.79. The van der Waals surface area contributed by atoms with Crippen molar-refractivity contribution >= 4 is 23.2 Å². The summed E-state index contributed by atoms with van der Waals surface area (Å²) in [5.74, 6) is 0.515. The van der Waals surface area contributed by atoms with Crippen LogP contribution in [-0.4, -0.2) is 9.78 Å². The van der Waals surface area contributed by atoms with E-state index in [0.717, 1.165) is 17.8 Å². The van der Waals surface area contributed by atoms with Crippen molar-refractivity contribution in [1.82, 2.24) is 9.78 Å². The van der Waals surface area contributed by atoms with Gasteiger partial charge in [-0.05, 0) is 24.6 Å². The van der Waals surface area contributed by atoms with E-state index in [4.69, 9.17) is 33.2 Å². The zero-order valence-corrected chi connectivity index (χ0v) is 12.7. The van der Waals surface area contributed by atoms with Crippen molar-refractivity contribution in [2.45, 2.75) is 20.0 Å². The van der Waals surface area contributed by atoms with E-state index >= 15 is 0 Å². The highest BCUT2D eigenvalue weighted by Gasteiger charge is 2.14. The third-order valence-electron chi connectivity index (χ3n) is 2.93. The number of hydrogen-bond donors (Lipinski definition) is 0. The summed E-state index contributed by atoms with van der Waals surface area (Å²) < 4.78 is 7.36. The molecular formula is C14H13Cl2N3O. The highest BCUT2D eigenvalue weighted by molar-refractivity contribution is 6.32. The van der Waals surface area contributed by atoms with E-state index in [1.807, 2.05) is 20.0 Å². The van der Waals surface area contributed by atoms with Crippen LogP contribution in [0.1, 0.15) is 23.9 Å². The summed E-state index contributed by atoms with van der Waals surface area (Å²) in [6, 6.07) is 6.92. The van der Waals surface area contributed by atoms with Gasteiger partial charge in [-0.3, -0.25) is 4.68 Å². The molecule has 1 heterocycles. The monoisotopic (exact) mass is 309 g/mol. The number of aromatic nitrogens is 2. The molecule has 104 valence electrons. The van der Waals surface area contributed by atoms with Crippen molar-refractivity contribution < 1.29 is 4.74 Å². The minimum Gasteiger partial charge on any atom is -0.486 e. The van der Waals surface area contributed by atoms with Crippen LogP contribution in [0.4, 0.5) is 0 Å². The molecule has 1 aromatic carbocycles. The molecule has 1 aromatic heterocycles. The molecule has 2 aromatic rings. The molecule has 0 N–H and O–H groups in total. The zero-order chi connectivity index (χ0) is 14.7. The molecule has 0 radical (unpaired) electrons. The Morgan fingerprint density at radius 2 is 2.15 bits per heavy atom. The van der Waals surface area contributed by atoms with E-state index in [1.54, 1.807) is 22.9 Å². The summed E-state index contributed by atoms with van der Waals surface area (Å²) >= 11 is 12.3. The fourth-order valence-corrected chi connectivity index (χ4v) is 2.39. The Balaban J connectivity index is 2.17. The Kier molecular flexibility index (Phi) is 4.53. The van der Waals surface area contributed by atoms with Gasteiger partial charge in [-0.15, -0.1) is 0 Å². The first-order valence-corrected chi connectivity index (χ1v) is 6.85. The van der Waals surface area contributed by atoms with E-state index < -0.39 is 0 Å². The first-order valence-electron chi connectivity index (χ1n) is 6.09. The Morgan fingerprint density at radius 1 is 1.40 bits per heavy atom. The number of aryl methyl sites for hydroxylation is 2. The Hall–Kier alpha value is -1.70. The Labute approximate surface area is 127 Å². The highest BCUT2D eigenvalue weighted by Crippen LogP contribution is 2.28. The minimum absolute atomic E-state index is 0.272. The second kappa shape index (κ2) is 6.17. The van der Waals surface area contributed by atoms with Gasteiger partial charge in [0.1, 0.15) is 12.4 Å². The fourth-order valence-electron chi connectivity index (χ4n) is 1.81. The molecule has 0 aliphatic rings. The molecule has 4 nitrogen and oxygen atoms in total. The first-order chi connectivity index (χ1) is 9.56. The summed E-state index contributed by atoms with van der Waals surface area (Å²) in [4.78, 5) is 0. The predicted octanol–water partition coefficient (Wildman–Crippen LogP) is 3.74. The molecule has 6 heteroatoms. The molecule has 0 saturated heterocycles. The molecule has 0 saturated carbocycles. The molecule has 0 spiro atoms. The van der Waals surface area contributed by atoms with Crippen molar-refractivity contribution in [3.05, 3.63) is 45.2 Å². The molecule has 2 rings (SSSR count). The van der Waals surface area contributed by atoms with Crippen molar-refractivity contribution in [3.63, 3.8) is 0 Å². The van der Waals surface area contributed by atoms with Gasteiger partial charge in [0.05, 0.1) is 33.1 Å². The van der Waals surface area contributed by atoms with Crippen LogP contribution in [0, 0.1) is 11.3 Å². The van der Waals surface area contributed by atoms with Crippen LogP contribution in [0.5, 0.6) is 5.75 Å². The number of ether oxygens (including phenoxy) is 1. The SMILES string of the molecule is CCc1nn(C)c(COc2ccc(C#N)cc2Cl)c1Cl. The van der Waals surface area contributed by atoms with Gasteiger partial charge in [-0.25, -0.2) is 0 Å². The number of nitriles is 1. The van der Waals surface area contributed by atoms with Gasteiger partial charge in [0, 0.05) is 7.05 Å². The maximum Gasteiger partial charge on any atom is 0.138 e. The summed E-state index contributed by atoms with van der Waals surface area (Å²) in [5.41, 5.74) is 2.14. The Bertz CT molecular complexity index is 674. The van der Waals surface area contributed by atoms with E-state index in [9.17, 15) is 0 Å². The zero-order valence-electron chi connectivity index (χ0n) is 11.2. The van der Waals surface area contributed by atoms with Crippen molar-refractivity contribution in [2.24, 2.45) is 7.05 Å². The molecule has 0 atom stereocenters. The van der Waals surface area contributed by atoms with Gasteiger partial charge in [0.15, 0.2) is 0 Å². The van der Waals surface area contributed by atoms with Gasteiger partial charge < -0.3 is 4.74 Å². The molecule has 0 fully saturated rings. The predicted molar refractivity (Wildman–Crippen MR) is 78.1 cm³/mol. The lowest BCUT2D eigenvalue weighted by Crippen LogP contribution is -2.04. The smallest absolute Gasteiger partial charge is 0.138 e. The fraction of sp³-hybridized carbons (Fsp3) is 0.286. The molecule has 0 unspecified atom stereocenters. The molecule has 0 amide bonds. The van der Waals surface area contributed by atoms with Gasteiger partial charge >= 0.3 is 0 Å². The van der Waals surface area contributed by atoms with Crippen LogP contribution < -0.4 is 4.74 Å². The topological polar surface area (TPSA) is 50.8 Å². The lowest BCUT2D eigenvalue weighted by Gasteiger charge is -2.08. The molecular weight excluding hydrogens is 297 g/mol. The quantitative estimate of drug-likeness (QED) is 0.864. The van der Waals surface area contributed by atoms with Crippen molar-refractivity contribution in [1.29, 1.82) is 5.26 Å². The van der Waals surface area contributed by atoms with Crippen molar-refractivity contribution in [2.75, 3.05) is 0 Å². The van der Waals surface area contributed by atoms with Crippen LogP contribution in [0.25, 0.3) is 0 Å². The van der Waals surface area contributed by atoms with E-state index in [-0.39, 0.29) is 6.61 Å². The minimum atomic E-state index is 0.272.